The third kappa shape index (κ3) is 8.98. The first-order chi connectivity index (χ1) is 30.3. The summed E-state index contributed by atoms with van der Waals surface area (Å²) in [6.07, 6.45) is 15.0. The number of carbonyl (C=O) groups excluding carboxylic acids is 1. The molecule has 1 amide bonds. The van der Waals surface area contributed by atoms with Crippen molar-refractivity contribution in [2.24, 2.45) is 11.3 Å². The SMILES string of the molecule is CCc1ccccc1[C@H]1CCCN1C1CC2(CCN(c3ccc(C(=O)NS(=O)(=O)c4cnc(NCC5CCC(C)(O)CC5)c([N+](=O)[O-])c4)c(Oc4cnc5[nH]ccc5c4)c3)CC2)C1. The fourth-order valence-electron chi connectivity index (χ4n) is 10.5. The molecular formula is C47H56N8O7S. The number of aryl methyl sites for hydroxylation is 1. The molecule has 5 heterocycles. The maximum atomic E-state index is 13.9. The Morgan fingerprint density at radius 3 is 2.54 bits per heavy atom. The van der Waals surface area contributed by atoms with Crippen LogP contribution in [0, 0.1) is 21.4 Å². The monoisotopic (exact) mass is 876 g/mol. The number of anilines is 2. The molecule has 2 aromatic carbocycles. The molecule has 2 aliphatic carbocycles. The van der Waals surface area contributed by atoms with Crippen LogP contribution in [0.2, 0.25) is 0 Å². The van der Waals surface area contributed by atoms with Crippen LogP contribution in [0.4, 0.5) is 17.2 Å². The number of aliphatic hydroxyl groups is 1. The number of rotatable bonds is 13. The van der Waals surface area contributed by atoms with Gasteiger partial charge in [0.25, 0.3) is 15.9 Å². The summed E-state index contributed by atoms with van der Waals surface area (Å²) in [5.74, 6) is -0.372. The minimum absolute atomic E-state index is 0.0381. The Hall–Kier alpha value is -5.58. The minimum atomic E-state index is -4.62. The lowest BCUT2D eigenvalue weighted by Gasteiger charge is -2.56. The summed E-state index contributed by atoms with van der Waals surface area (Å²) in [5.41, 5.74) is 3.48. The maximum absolute atomic E-state index is 13.9. The summed E-state index contributed by atoms with van der Waals surface area (Å²) in [4.78, 5) is 41.5. The van der Waals surface area contributed by atoms with Gasteiger partial charge in [0.1, 0.15) is 22.0 Å². The van der Waals surface area contributed by atoms with Gasteiger partial charge in [-0.25, -0.2) is 23.1 Å². The van der Waals surface area contributed by atoms with Gasteiger partial charge in [0.05, 0.1) is 28.5 Å². The number of sulfonamides is 1. The van der Waals surface area contributed by atoms with E-state index in [2.05, 4.69) is 66.0 Å². The Bertz CT molecular complexity index is 2610. The highest BCUT2D eigenvalue weighted by molar-refractivity contribution is 7.90. The van der Waals surface area contributed by atoms with Crippen LogP contribution < -0.4 is 19.7 Å². The van der Waals surface area contributed by atoms with Gasteiger partial charge in [0.15, 0.2) is 0 Å². The van der Waals surface area contributed by atoms with Crippen LogP contribution in [0.5, 0.6) is 11.5 Å². The third-order valence-corrected chi connectivity index (χ3v) is 15.5. The standard InChI is InChI=1S/C47H56N8O7S/c1-3-32-7-4-5-8-38(32)40-9-6-20-54(40)35-26-47(27-35)17-21-53(22-18-47)34-10-11-39(42(24-34)62-36-23-33-14-19-48-43(33)50-29-36)45(56)52-63(60,61)37-25-41(55(58)59)44(51-30-37)49-28-31-12-15-46(2,57)16-13-31/h4-5,7-8,10-11,14,19,23-25,29-31,35,40,57H,3,6,9,12-13,15-18,20-22,26-28H2,1-2H3,(H,48,50)(H,49,51)(H,52,56)/t31?,40-,46?/m1/s1. The van der Waals surface area contributed by atoms with E-state index in [0.29, 0.717) is 48.3 Å². The van der Waals surface area contributed by atoms with E-state index in [9.17, 15) is 28.4 Å². The molecule has 4 aliphatic rings. The van der Waals surface area contributed by atoms with Gasteiger partial charge >= 0.3 is 5.69 Å². The lowest BCUT2D eigenvalue weighted by atomic mass is 9.59. The van der Waals surface area contributed by atoms with Gasteiger partial charge in [-0.2, -0.15) is 0 Å². The van der Waals surface area contributed by atoms with Gasteiger partial charge in [-0.1, -0.05) is 31.2 Å². The molecule has 4 N–H and O–H groups in total. The number of nitrogens with one attached hydrogen (secondary N) is 3. The number of nitro groups is 1. The van der Waals surface area contributed by atoms with Crippen molar-refractivity contribution in [2.75, 3.05) is 36.4 Å². The number of fused-ring (bicyclic) bond motifs is 1. The maximum Gasteiger partial charge on any atom is 0.312 e. The van der Waals surface area contributed by atoms with E-state index >= 15 is 0 Å². The fourth-order valence-corrected chi connectivity index (χ4v) is 11.4. The normalized spacial score (nSPS) is 22.8. The third-order valence-electron chi connectivity index (χ3n) is 14.2. The summed E-state index contributed by atoms with van der Waals surface area (Å²) in [5, 5.41) is 26.2. The van der Waals surface area contributed by atoms with Gasteiger partial charge < -0.3 is 25.0 Å². The van der Waals surface area contributed by atoms with E-state index < -0.39 is 37.0 Å². The molecular weight excluding hydrogens is 821 g/mol. The Morgan fingerprint density at radius 1 is 1.00 bits per heavy atom. The average molecular weight is 877 g/mol. The first-order valence-electron chi connectivity index (χ1n) is 22.3. The molecule has 1 atom stereocenters. The van der Waals surface area contributed by atoms with E-state index in [1.165, 1.54) is 43.0 Å². The lowest BCUT2D eigenvalue weighted by Crippen LogP contribution is -2.54. The molecule has 1 spiro atoms. The Morgan fingerprint density at radius 2 is 1.78 bits per heavy atom. The number of ether oxygens (including phenoxy) is 1. The van der Waals surface area contributed by atoms with Gasteiger partial charge in [-0.3, -0.25) is 19.8 Å². The zero-order valence-electron chi connectivity index (χ0n) is 35.9. The zero-order valence-corrected chi connectivity index (χ0v) is 36.7. The average Bonchev–Trinajstić information content (AvgIpc) is 3.95. The van der Waals surface area contributed by atoms with Crippen molar-refractivity contribution in [1.82, 2.24) is 24.6 Å². The first-order valence-corrected chi connectivity index (χ1v) is 23.8. The van der Waals surface area contributed by atoms with Crippen LogP contribution >= 0.6 is 0 Å². The molecule has 0 bridgehead atoms. The number of aromatic nitrogens is 3. The van der Waals surface area contributed by atoms with Crippen molar-refractivity contribution < 1.29 is 28.0 Å². The second-order valence-electron chi connectivity index (χ2n) is 18.4. The molecule has 16 heteroatoms. The predicted octanol–water partition coefficient (Wildman–Crippen LogP) is 8.28. The molecule has 3 aromatic heterocycles. The predicted molar refractivity (Wildman–Crippen MR) is 241 cm³/mol. The number of nitrogens with zero attached hydrogens (tertiary/aromatic N) is 5. The highest BCUT2D eigenvalue weighted by Gasteiger charge is 2.50. The Kier molecular flexibility index (Phi) is 11.6. The van der Waals surface area contributed by atoms with E-state index in [0.717, 1.165) is 75.1 Å². The minimum Gasteiger partial charge on any atom is -0.455 e. The molecule has 2 saturated carbocycles. The van der Waals surface area contributed by atoms with Crippen LogP contribution in [0.1, 0.15) is 106 Å². The molecule has 0 unspecified atom stereocenters. The van der Waals surface area contributed by atoms with Crippen LogP contribution in [0.25, 0.3) is 11.0 Å². The second kappa shape index (κ2) is 17.2. The molecule has 63 heavy (non-hydrogen) atoms. The van der Waals surface area contributed by atoms with E-state index in [1.54, 1.807) is 31.3 Å². The first kappa shape index (κ1) is 42.7. The van der Waals surface area contributed by atoms with E-state index in [4.69, 9.17) is 4.74 Å². The second-order valence-corrected chi connectivity index (χ2v) is 20.1. The van der Waals surface area contributed by atoms with Gasteiger partial charge in [0.2, 0.25) is 5.82 Å². The molecule has 4 fully saturated rings. The molecule has 332 valence electrons. The number of pyridine rings is 2. The molecule has 15 nitrogen and oxygen atoms in total. The number of aromatic amines is 1. The summed E-state index contributed by atoms with van der Waals surface area (Å²) in [7, 11) is -4.62. The van der Waals surface area contributed by atoms with Gasteiger partial charge in [0, 0.05) is 61.1 Å². The molecule has 0 radical (unpaired) electrons. The smallest absolute Gasteiger partial charge is 0.312 e. The zero-order chi connectivity index (χ0) is 43.9. The summed E-state index contributed by atoms with van der Waals surface area (Å²) < 4.78 is 35.8. The summed E-state index contributed by atoms with van der Waals surface area (Å²) >= 11 is 0. The topological polar surface area (TPSA) is 196 Å². The van der Waals surface area contributed by atoms with Crippen LogP contribution in [0.15, 0.2) is 84.1 Å². The van der Waals surface area contributed by atoms with Crippen molar-refractivity contribution in [3.8, 4) is 11.5 Å². The number of likely N-dealkylation sites (tertiary alicyclic amines) is 1. The van der Waals surface area contributed by atoms with Crippen LogP contribution in [0.3, 0.4) is 0 Å². The number of piperidine rings is 1. The van der Waals surface area contributed by atoms with Crippen molar-refractivity contribution in [3.05, 3.63) is 106 Å². The van der Waals surface area contributed by atoms with Crippen molar-refractivity contribution >= 4 is 44.2 Å². The number of benzene rings is 2. The number of hydrogen-bond donors (Lipinski definition) is 4. The lowest BCUT2D eigenvalue weighted by molar-refractivity contribution is -0.384. The number of carbonyl (C=O) groups is 1. The quantitative estimate of drug-likeness (QED) is 0.0654. The molecule has 2 aliphatic heterocycles. The largest absolute Gasteiger partial charge is 0.455 e. The number of hydrogen-bond acceptors (Lipinski definition) is 12. The van der Waals surface area contributed by atoms with E-state index in [1.807, 2.05) is 12.1 Å². The summed E-state index contributed by atoms with van der Waals surface area (Å²) in [6.45, 7) is 7.25. The van der Waals surface area contributed by atoms with Crippen molar-refractivity contribution in [1.29, 1.82) is 0 Å². The van der Waals surface area contributed by atoms with Gasteiger partial charge in [-0.15, -0.1) is 0 Å². The Balaban J connectivity index is 0.896. The fraction of sp³-hybridized carbons (Fsp3) is 0.468. The Labute approximate surface area is 367 Å². The van der Waals surface area contributed by atoms with Crippen LogP contribution in [-0.4, -0.2) is 82.0 Å². The highest BCUT2D eigenvalue weighted by Crippen LogP contribution is 2.54. The molecule has 2 saturated heterocycles. The van der Waals surface area contributed by atoms with E-state index in [-0.39, 0.29) is 23.0 Å². The number of amides is 1. The molecule has 5 aromatic rings. The summed E-state index contributed by atoms with van der Waals surface area (Å²) in [6, 6.07) is 19.7. The highest BCUT2D eigenvalue weighted by atomic mass is 32.2. The van der Waals surface area contributed by atoms with Crippen molar-refractivity contribution in [3.63, 3.8) is 0 Å². The molecule has 9 rings (SSSR count). The van der Waals surface area contributed by atoms with Crippen LogP contribution in [-0.2, 0) is 16.4 Å². The van der Waals surface area contributed by atoms with Crippen molar-refractivity contribution in [2.45, 2.75) is 107 Å². The van der Waals surface area contributed by atoms with Gasteiger partial charge in [-0.05, 0) is 131 Å². The number of H-pyrrole nitrogens is 1.